The molecule has 0 spiro atoms. The third-order valence-electron chi connectivity index (χ3n) is 3.12. The minimum Gasteiger partial charge on any atom is -0.488 e. The fourth-order valence-corrected chi connectivity index (χ4v) is 1.52. The van der Waals surface area contributed by atoms with Crippen LogP contribution in [0.15, 0.2) is 18.2 Å². The Hall–Kier alpha value is -1.09. The Balaban J connectivity index is 3.04. The third-order valence-corrected chi connectivity index (χ3v) is 3.12. The molecule has 0 aliphatic heterocycles. The molecule has 1 unspecified atom stereocenters. The molecule has 1 atom stereocenters. The summed E-state index contributed by atoms with van der Waals surface area (Å²) in [6.45, 7) is 9.70. The summed E-state index contributed by atoms with van der Waals surface area (Å²) in [5, 5.41) is 0. The molecule has 1 rings (SSSR count). The summed E-state index contributed by atoms with van der Waals surface area (Å²) in [5.41, 5.74) is 6.46. The first-order valence-corrected chi connectivity index (χ1v) is 6.00. The Kier molecular flexibility index (Phi) is 4.15. The second kappa shape index (κ2) is 5.05. The molecule has 0 amide bonds. The molecule has 0 saturated carbocycles. The van der Waals surface area contributed by atoms with Gasteiger partial charge in [0.05, 0.1) is 6.10 Å². The lowest BCUT2D eigenvalue weighted by atomic mass is 9.83. The minimum atomic E-state index is -0.531. The van der Waals surface area contributed by atoms with Gasteiger partial charge in [-0.3, -0.25) is 0 Å². The van der Waals surface area contributed by atoms with Crippen LogP contribution < -0.4 is 10.5 Å². The summed E-state index contributed by atoms with van der Waals surface area (Å²) in [4.78, 5) is 0. The van der Waals surface area contributed by atoms with E-state index in [9.17, 15) is 4.39 Å². The van der Waals surface area contributed by atoms with Crippen LogP contribution >= 0.6 is 0 Å². The van der Waals surface area contributed by atoms with E-state index in [1.54, 1.807) is 6.07 Å². The Morgan fingerprint density at radius 3 is 2.24 bits per heavy atom. The van der Waals surface area contributed by atoms with Gasteiger partial charge in [0.15, 0.2) is 11.6 Å². The molecule has 2 N–H and O–H groups in total. The topological polar surface area (TPSA) is 35.2 Å². The van der Waals surface area contributed by atoms with Crippen LogP contribution in [-0.2, 0) is 5.54 Å². The highest BCUT2D eigenvalue weighted by molar-refractivity contribution is 5.33. The van der Waals surface area contributed by atoms with Crippen LogP contribution in [0.4, 0.5) is 4.39 Å². The highest BCUT2D eigenvalue weighted by atomic mass is 19.1. The van der Waals surface area contributed by atoms with Crippen LogP contribution in [0.2, 0.25) is 0 Å². The Morgan fingerprint density at radius 1 is 1.24 bits per heavy atom. The monoisotopic (exact) mass is 239 g/mol. The second-order valence-corrected chi connectivity index (χ2v) is 5.25. The van der Waals surface area contributed by atoms with Gasteiger partial charge in [0, 0.05) is 5.54 Å². The molecule has 1 aromatic rings. The standard InChI is InChI=1S/C14H22FNO/c1-9(2)14(5,16)11-6-7-13(12(15)8-11)17-10(3)4/h6-10H,16H2,1-5H3. The van der Waals surface area contributed by atoms with Gasteiger partial charge in [0.2, 0.25) is 0 Å². The number of benzene rings is 1. The molecule has 0 aromatic heterocycles. The number of nitrogens with two attached hydrogens (primary N) is 1. The first-order valence-electron chi connectivity index (χ1n) is 6.00. The van der Waals surface area contributed by atoms with Crippen molar-refractivity contribution in [2.45, 2.75) is 46.3 Å². The lowest BCUT2D eigenvalue weighted by molar-refractivity contribution is 0.230. The highest BCUT2D eigenvalue weighted by Crippen LogP contribution is 2.29. The maximum Gasteiger partial charge on any atom is 0.165 e. The van der Waals surface area contributed by atoms with Gasteiger partial charge in [-0.1, -0.05) is 19.9 Å². The molecule has 17 heavy (non-hydrogen) atoms. The lowest BCUT2D eigenvalue weighted by Crippen LogP contribution is -2.38. The molecule has 0 radical (unpaired) electrons. The zero-order valence-electron chi connectivity index (χ0n) is 11.3. The summed E-state index contributed by atoms with van der Waals surface area (Å²) in [6, 6.07) is 4.96. The fourth-order valence-electron chi connectivity index (χ4n) is 1.52. The molecule has 0 heterocycles. The van der Waals surface area contributed by atoms with Gasteiger partial charge in [-0.2, -0.15) is 0 Å². The zero-order chi connectivity index (χ0) is 13.2. The van der Waals surface area contributed by atoms with Crippen molar-refractivity contribution in [1.82, 2.24) is 0 Å². The number of ether oxygens (including phenoxy) is 1. The lowest BCUT2D eigenvalue weighted by Gasteiger charge is -2.30. The largest absolute Gasteiger partial charge is 0.488 e. The fraction of sp³-hybridized carbons (Fsp3) is 0.571. The van der Waals surface area contributed by atoms with Crippen molar-refractivity contribution in [2.75, 3.05) is 0 Å². The molecular weight excluding hydrogens is 217 g/mol. The molecule has 0 bridgehead atoms. The van der Waals surface area contributed by atoms with E-state index in [4.69, 9.17) is 10.5 Å². The van der Waals surface area contributed by atoms with Gasteiger partial charge in [-0.05, 0) is 44.4 Å². The van der Waals surface area contributed by atoms with Gasteiger partial charge in [-0.25, -0.2) is 4.39 Å². The Morgan fingerprint density at radius 2 is 1.82 bits per heavy atom. The van der Waals surface area contributed by atoms with Gasteiger partial charge in [0.25, 0.3) is 0 Å². The van der Waals surface area contributed by atoms with Crippen LogP contribution in [0, 0.1) is 11.7 Å². The first-order chi connectivity index (χ1) is 7.75. The van der Waals surface area contributed by atoms with Gasteiger partial charge < -0.3 is 10.5 Å². The van der Waals surface area contributed by atoms with Crippen molar-refractivity contribution in [1.29, 1.82) is 0 Å². The van der Waals surface area contributed by atoms with E-state index >= 15 is 0 Å². The average molecular weight is 239 g/mol. The highest BCUT2D eigenvalue weighted by Gasteiger charge is 2.26. The normalized spacial score (nSPS) is 15.1. The van der Waals surface area contributed by atoms with E-state index in [0.717, 1.165) is 5.56 Å². The molecule has 1 aromatic carbocycles. The van der Waals surface area contributed by atoms with Crippen molar-refractivity contribution < 1.29 is 9.13 Å². The molecule has 0 saturated heterocycles. The van der Waals surface area contributed by atoms with E-state index in [1.165, 1.54) is 6.07 Å². The van der Waals surface area contributed by atoms with E-state index < -0.39 is 5.54 Å². The Bertz CT molecular complexity index is 386. The van der Waals surface area contributed by atoms with E-state index in [-0.39, 0.29) is 23.6 Å². The number of hydrogen-bond donors (Lipinski definition) is 1. The summed E-state index contributed by atoms with van der Waals surface area (Å²) < 4.78 is 19.2. The van der Waals surface area contributed by atoms with Crippen molar-refractivity contribution in [3.8, 4) is 5.75 Å². The second-order valence-electron chi connectivity index (χ2n) is 5.25. The first kappa shape index (κ1) is 14.0. The molecule has 2 nitrogen and oxygen atoms in total. The van der Waals surface area contributed by atoms with Crippen molar-refractivity contribution in [3.05, 3.63) is 29.6 Å². The summed E-state index contributed by atoms with van der Waals surface area (Å²) in [6.07, 6.45) is -0.0373. The van der Waals surface area contributed by atoms with E-state index in [1.807, 2.05) is 40.7 Å². The molecular formula is C14H22FNO. The van der Waals surface area contributed by atoms with Gasteiger partial charge in [-0.15, -0.1) is 0 Å². The molecule has 0 aliphatic carbocycles. The number of hydrogen-bond acceptors (Lipinski definition) is 2. The average Bonchev–Trinajstić information content (AvgIpc) is 2.20. The van der Waals surface area contributed by atoms with Gasteiger partial charge in [0.1, 0.15) is 0 Å². The summed E-state index contributed by atoms with van der Waals surface area (Å²) in [5.74, 6) is 0.163. The Labute approximate surface area is 103 Å². The summed E-state index contributed by atoms with van der Waals surface area (Å²) in [7, 11) is 0. The maximum absolute atomic E-state index is 13.8. The van der Waals surface area contributed by atoms with Crippen LogP contribution in [0.5, 0.6) is 5.75 Å². The zero-order valence-corrected chi connectivity index (χ0v) is 11.3. The minimum absolute atomic E-state index is 0.0373. The van der Waals surface area contributed by atoms with Crippen LogP contribution in [-0.4, -0.2) is 6.10 Å². The SMILES string of the molecule is CC(C)Oc1ccc(C(C)(N)C(C)C)cc1F. The molecule has 3 heteroatoms. The van der Waals surface area contributed by atoms with Crippen LogP contribution in [0.1, 0.15) is 40.2 Å². The quantitative estimate of drug-likeness (QED) is 0.873. The third kappa shape index (κ3) is 3.19. The molecule has 0 fully saturated rings. The van der Waals surface area contributed by atoms with Gasteiger partial charge >= 0.3 is 0 Å². The number of halogens is 1. The van der Waals surface area contributed by atoms with E-state index in [0.29, 0.717) is 0 Å². The van der Waals surface area contributed by atoms with Crippen molar-refractivity contribution >= 4 is 0 Å². The molecule has 0 aliphatic rings. The predicted octanol–water partition coefficient (Wildman–Crippen LogP) is 3.44. The summed E-state index contributed by atoms with van der Waals surface area (Å²) >= 11 is 0. The van der Waals surface area contributed by atoms with Crippen molar-refractivity contribution in [2.24, 2.45) is 11.7 Å². The van der Waals surface area contributed by atoms with Crippen LogP contribution in [0.3, 0.4) is 0 Å². The van der Waals surface area contributed by atoms with E-state index in [2.05, 4.69) is 0 Å². The van der Waals surface area contributed by atoms with Crippen molar-refractivity contribution in [3.63, 3.8) is 0 Å². The molecule has 96 valence electrons. The van der Waals surface area contributed by atoms with Crippen LogP contribution in [0.25, 0.3) is 0 Å². The maximum atomic E-state index is 13.8. The number of rotatable bonds is 4. The smallest absolute Gasteiger partial charge is 0.165 e. The predicted molar refractivity (Wildman–Crippen MR) is 68.5 cm³/mol.